The topological polar surface area (TPSA) is 75.3 Å². The van der Waals surface area contributed by atoms with Crippen molar-refractivity contribution < 1.29 is 28.5 Å². The molecule has 0 unspecified atom stereocenters. The predicted molar refractivity (Wildman–Crippen MR) is 90.8 cm³/mol. The maximum atomic E-state index is 12.8. The van der Waals surface area contributed by atoms with Gasteiger partial charge in [0.2, 0.25) is 0 Å². The molecule has 0 aliphatic carbocycles. The van der Waals surface area contributed by atoms with E-state index in [2.05, 4.69) is 5.32 Å². The first-order valence-electron chi connectivity index (χ1n) is 8.92. The smallest absolute Gasteiger partial charge is 0.252 e. The number of ether oxygens (including phenoxy) is 5. The Balaban J connectivity index is 1.51. The Labute approximate surface area is 152 Å². The molecule has 0 aromatic heterocycles. The van der Waals surface area contributed by atoms with Crippen LogP contribution >= 0.6 is 0 Å². The highest BCUT2D eigenvalue weighted by molar-refractivity contribution is 5.81. The SMILES string of the molecule is CC1(C)O[C@@H]2[C@@H](O1)[C@H](C(=O)NCc1ccccc1)O[C@H]1OC(C)(C)O[C@@H]12. The molecule has 3 aliphatic rings. The molecule has 3 fully saturated rings. The third-order valence-electron chi connectivity index (χ3n) is 4.72. The summed E-state index contributed by atoms with van der Waals surface area (Å²) in [6.45, 7) is 7.68. The van der Waals surface area contributed by atoms with Gasteiger partial charge in [-0.1, -0.05) is 30.3 Å². The lowest BCUT2D eigenvalue weighted by atomic mass is 9.98. The summed E-state index contributed by atoms with van der Waals surface area (Å²) in [5, 5.41) is 2.91. The maximum Gasteiger partial charge on any atom is 0.252 e. The molecule has 5 atom stereocenters. The van der Waals surface area contributed by atoms with Crippen molar-refractivity contribution in [2.24, 2.45) is 0 Å². The number of benzene rings is 1. The molecule has 1 aromatic rings. The summed E-state index contributed by atoms with van der Waals surface area (Å²) in [5.74, 6) is -1.87. The second-order valence-corrected chi connectivity index (χ2v) is 7.79. The molecule has 0 bridgehead atoms. The Morgan fingerprint density at radius 3 is 2.27 bits per heavy atom. The Bertz CT molecular complexity index is 676. The zero-order valence-corrected chi connectivity index (χ0v) is 15.4. The molecule has 1 N–H and O–H groups in total. The van der Waals surface area contributed by atoms with Gasteiger partial charge in [-0.3, -0.25) is 4.79 Å². The number of carbonyl (C=O) groups is 1. The lowest BCUT2D eigenvalue weighted by Crippen LogP contribution is -2.59. The third-order valence-corrected chi connectivity index (χ3v) is 4.72. The largest absolute Gasteiger partial charge is 0.350 e. The first-order valence-corrected chi connectivity index (χ1v) is 8.92. The molecular weight excluding hydrogens is 338 g/mol. The summed E-state index contributed by atoms with van der Waals surface area (Å²) in [4.78, 5) is 12.8. The van der Waals surface area contributed by atoms with E-state index in [1.807, 2.05) is 58.0 Å². The van der Waals surface area contributed by atoms with Gasteiger partial charge in [0.05, 0.1) is 0 Å². The van der Waals surface area contributed by atoms with E-state index in [1.54, 1.807) is 0 Å². The number of amides is 1. The molecule has 3 aliphatic heterocycles. The van der Waals surface area contributed by atoms with Crippen LogP contribution in [0.5, 0.6) is 0 Å². The first-order chi connectivity index (χ1) is 12.2. The summed E-state index contributed by atoms with van der Waals surface area (Å²) >= 11 is 0. The van der Waals surface area contributed by atoms with Crippen LogP contribution in [0.25, 0.3) is 0 Å². The van der Waals surface area contributed by atoms with Crippen molar-refractivity contribution in [3.05, 3.63) is 35.9 Å². The van der Waals surface area contributed by atoms with E-state index in [1.165, 1.54) is 0 Å². The lowest BCUT2D eigenvalue weighted by molar-refractivity contribution is -0.231. The van der Waals surface area contributed by atoms with E-state index in [-0.39, 0.29) is 5.91 Å². The molecule has 0 radical (unpaired) electrons. The Hall–Kier alpha value is -1.51. The van der Waals surface area contributed by atoms with Crippen LogP contribution in [0, 0.1) is 0 Å². The number of carbonyl (C=O) groups excluding carboxylic acids is 1. The van der Waals surface area contributed by atoms with E-state index in [0.717, 1.165) is 5.56 Å². The minimum Gasteiger partial charge on any atom is -0.350 e. The monoisotopic (exact) mass is 363 g/mol. The van der Waals surface area contributed by atoms with Crippen molar-refractivity contribution in [3.8, 4) is 0 Å². The fourth-order valence-electron chi connectivity index (χ4n) is 3.71. The van der Waals surface area contributed by atoms with Crippen LogP contribution in [0.2, 0.25) is 0 Å². The minimum atomic E-state index is -0.829. The lowest BCUT2D eigenvalue weighted by Gasteiger charge is -2.36. The van der Waals surface area contributed by atoms with Crippen molar-refractivity contribution in [2.75, 3.05) is 0 Å². The van der Waals surface area contributed by atoms with Gasteiger partial charge in [0.15, 0.2) is 24.0 Å². The summed E-state index contributed by atoms with van der Waals surface area (Å²) < 4.78 is 29.7. The highest BCUT2D eigenvalue weighted by Gasteiger charge is 2.62. The number of nitrogens with one attached hydrogen (secondary N) is 1. The zero-order valence-electron chi connectivity index (χ0n) is 15.4. The first kappa shape index (κ1) is 17.9. The predicted octanol–water partition coefficient (Wildman–Crippen LogP) is 1.70. The molecule has 7 nitrogen and oxygen atoms in total. The normalized spacial score (nSPS) is 37.0. The van der Waals surface area contributed by atoms with Crippen LogP contribution < -0.4 is 5.32 Å². The fraction of sp³-hybridized carbons (Fsp3) is 0.632. The third kappa shape index (κ3) is 3.37. The minimum absolute atomic E-state index is 0.253. The van der Waals surface area contributed by atoms with Crippen LogP contribution in [0.1, 0.15) is 33.3 Å². The highest BCUT2D eigenvalue weighted by atomic mass is 16.9. The molecule has 0 spiro atoms. The number of hydrogen-bond acceptors (Lipinski definition) is 6. The molecule has 26 heavy (non-hydrogen) atoms. The van der Waals surface area contributed by atoms with Crippen molar-refractivity contribution in [1.29, 1.82) is 0 Å². The van der Waals surface area contributed by atoms with E-state index >= 15 is 0 Å². The molecular formula is C19H25NO6. The number of fused-ring (bicyclic) bond motifs is 3. The van der Waals surface area contributed by atoms with Crippen LogP contribution in [0.3, 0.4) is 0 Å². The molecule has 3 heterocycles. The van der Waals surface area contributed by atoms with Gasteiger partial charge in [-0.2, -0.15) is 0 Å². The fourth-order valence-corrected chi connectivity index (χ4v) is 3.71. The molecule has 3 saturated heterocycles. The maximum absolute atomic E-state index is 12.8. The van der Waals surface area contributed by atoms with E-state index in [0.29, 0.717) is 6.54 Å². The van der Waals surface area contributed by atoms with Gasteiger partial charge in [0.25, 0.3) is 5.91 Å². The van der Waals surface area contributed by atoms with Crippen LogP contribution in [-0.4, -0.2) is 48.2 Å². The standard InChI is InChI=1S/C19H25NO6/c1-18(2)23-12-13(24-18)15-17(26-19(3,4)25-15)22-14(12)16(21)20-10-11-8-6-5-7-9-11/h5-9,12-15,17H,10H2,1-4H3,(H,20,21)/t12-,13-,14-,15-,17+/m1/s1. The quantitative estimate of drug-likeness (QED) is 0.881. The van der Waals surface area contributed by atoms with Crippen LogP contribution in [0.15, 0.2) is 30.3 Å². The zero-order chi connectivity index (χ0) is 18.5. The summed E-state index contributed by atoms with van der Waals surface area (Å²) in [7, 11) is 0. The second-order valence-electron chi connectivity index (χ2n) is 7.79. The summed E-state index contributed by atoms with van der Waals surface area (Å²) in [5.41, 5.74) is 1.01. The molecule has 0 saturated carbocycles. The van der Waals surface area contributed by atoms with Crippen molar-refractivity contribution in [3.63, 3.8) is 0 Å². The summed E-state index contributed by atoms with van der Waals surface area (Å²) in [6.07, 6.45) is -2.92. The van der Waals surface area contributed by atoms with Crippen molar-refractivity contribution in [2.45, 2.75) is 76.5 Å². The number of hydrogen-bond donors (Lipinski definition) is 1. The highest BCUT2D eigenvalue weighted by Crippen LogP contribution is 2.44. The van der Waals surface area contributed by atoms with Crippen LogP contribution in [0.4, 0.5) is 0 Å². The van der Waals surface area contributed by atoms with Gasteiger partial charge >= 0.3 is 0 Å². The van der Waals surface area contributed by atoms with Crippen LogP contribution in [-0.2, 0) is 35.0 Å². The van der Waals surface area contributed by atoms with Crippen molar-refractivity contribution in [1.82, 2.24) is 5.32 Å². The van der Waals surface area contributed by atoms with Gasteiger partial charge in [-0.25, -0.2) is 0 Å². The Morgan fingerprint density at radius 2 is 1.54 bits per heavy atom. The van der Waals surface area contributed by atoms with Gasteiger partial charge < -0.3 is 29.0 Å². The Morgan fingerprint density at radius 1 is 0.923 bits per heavy atom. The average molecular weight is 363 g/mol. The van der Waals surface area contributed by atoms with E-state index in [4.69, 9.17) is 23.7 Å². The molecule has 4 rings (SSSR count). The van der Waals surface area contributed by atoms with Gasteiger partial charge in [0, 0.05) is 6.54 Å². The van der Waals surface area contributed by atoms with Gasteiger partial charge in [-0.15, -0.1) is 0 Å². The molecule has 1 amide bonds. The number of rotatable bonds is 3. The molecule has 1 aromatic carbocycles. The second kappa shape index (κ2) is 6.28. The van der Waals surface area contributed by atoms with Gasteiger partial charge in [0.1, 0.15) is 18.3 Å². The molecule has 142 valence electrons. The molecule has 7 heteroatoms. The van der Waals surface area contributed by atoms with E-state index < -0.39 is 42.3 Å². The van der Waals surface area contributed by atoms with E-state index in [9.17, 15) is 4.79 Å². The summed E-state index contributed by atoms with van der Waals surface area (Å²) in [6, 6.07) is 9.71. The van der Waals surface area contributed by atoms with Gasteiger partial charge in [-0.05, 0) is 33.3 Å². The van der Waals surface area contributed by atoms with Crippen molar-refractivity contribution >= 4 is 5.91 Å². The Kier molecular flexibility index (Phi) is 4.32. The average Bonchev–Trinajstić information content (AvgIpc) is 3.06.